The standard InChI is InChI=1S/C79H102N26O15/c80-23-7-6-15-55(95-70(111)59(30-47-36-85-40-91-47)101-73(114)62(33-50-39-88-43-94-50)99-68(109)57(28-44-11-2-1-3-12-44)102-74(115)64-17-9-25-104(64)76(117)53(81)27-45-19-21-51(106)22-20-45)67(108)98-61(32-49-38-87-42-93-49)72(113)97-58(29-46-35-90-54-14-5-4-13-52(46)54)69(110)100-60(31-48-37-86-41-92-48)71(112)96-56(16-8-24-89-79(83)84)77(118)105-26-10-18-65(105)75(116)103-63(78(119)120)34-66(82)107/h1-5,11-14,19-22,35-43,53,55-65,90,106H,6-10,15-18,23-34,80-81H2,(H2,82,107)(H,85,91)(H,86,92)(H,87,93)(H,88,94)(H,95,111)(H,96,112)(H,97,113)(H,98,108)(H,99,109)(H,100,110)(H,101,114)(H,102,115)(H,103,116)(H,119,120)(H4,83,84,89)/t53-,55-,56-,57-,58-,59-,60-,61-,62-,63-,64-,65-/m0/s1. The molecule has 2 fully saturated rings. The number of aromatic amines is 5. The Morgan fingerprint density at radius 2 is 0.883 bits per heavy atom. The van der Waals surface area contributed by atoms with E-state index < -0.39 is 156 Å². The number of guanidine groups is 1. The number of benzene rings is 3. The highest BCUT2D eigenvalue weighted by molar-refractivity contribution is 6.00. The van der Waals surface area contributed by atoms with Crippen LogP contribution >= 0.6 is 0 Å². The predicted molar refractivity (Wildman–Crippen MR) is 431 cm³/mol. The van der Waals surface area contributed by atoms with Gasteiger partial charge in [-0.1, -0.05) is 60.7 Å². The number of carboxylic acids is 1. The molecular formula is C79H102N26O15. The number of phenols is 1. The minimum Gasteiger partial charge on any atom is -0.508 e. The topological polar surface area (TPSA) is 648 Å². The zero-order valence-electron chi connectivity index (χ0n) is 65.7. The molecule has 10 rings (SSSR count). The van der Waals surface area contributed by atoms with E-state index in [4.69, 9.17) is 28.3 Å². The highest BCUT2D eigenvalue weighted by atomic mass is 16.4. The summed E-state index contributed by atoms with van der Waals surface area (Å²) in [6, 6.07) is 4.99. The van der Waals surface area contributed by atoms with Gasteiger partial charge in [0.25, 0.3) is 0 Å². The first-order valence-corrected chi connectivity index (χ1v) is 39.4. The van der Waals surface area contributed by atoms with Crippen LogP contribution in [0, 0.1) is 5.41 Å². The summed E-state index contributed by atoms with van der Waals surface area (Å²) < 4.78 is 0. The molecule has 120 heavy (non-hydrogen) atoms. The van der Waals surface area contributed by atoms with E-state index in [1.54, 1.807) is 72.9 Å². The van der Waals surface area contributed by atoms with Crippen LogP contribution in [-0.4, -0.2) is 246 Å². The third kappa shape index (κ3) is 25.6. The molecule has 0 bridgehead atoms. The van der Waals surface area contributed by atoms with Crippen molar-refractivity contribution in [3.8, 4) is 5.75 Å². The van der Waals surface area contributed by atoms with Gasteiger partial charge in [-0.3, -0.25) is 62.9 Å². The average Bonchev–Trinajstić information content (AvgIpc) is 1.66. The first-order valence-electron chi connectivity index (χ1n) is 39.4. The molecule has 8 aromatic rings. The van der Waals surface area contributed by atoms with Gasteiger partial charge in [-0.15, -0.1) is 0 Å². The van der Waals surface area contributed by atoms with Gasteiger partial charge in [-0.25, -0.2) is 24.7 Å². The maximum atomic E-state index is 15.4. The summed E-state index contributed by atoms with van der Waals surface area (Å²) >= 11 is 0. The average molecular weight is 1660 g/mol. The fraction of sp³-hybridized carbons (Fsp3) is 0.418. The number of likely N-dealkylation sites (tertiary alicyclic amines) is 2. The van der Waals surface area contributed by atoms with Crippen LogP contribution in [0.5, 0.6) is 5.75 Å². The van der Waals surface area contributed by atoms with Crippen molar-refractivity contribution < 1.29 is 72.5 Å². The number of fused-ring (bicyclic) bond motifs is 1. The first-order chi connectivity index (χ1) is 57.8. The number of carboxylic acid groups (broad SMARTS) is 1. The fourth-order valence-corrected chi connectivity index (χ4v) is 14.5. The Hall–Kier alpha value is -13.9. The smallest absolute Gasteiger partial charge is 0.326 e. The van der Waals surface area contributed by atoms with Gasteiger partial charge in [0.05, 0.1) is 37.8 Å². The number of nitrogens with two attached hydrogens (primary N) is 4. The summed E-state index contributed by atoms with van der Waals surface area (Å²) in [4.78, 5) is 221. The maximum absolute atomic E-state index is 15.4. The summed E-state index contributed by atoms with van der Waals surface area (Å²) in [5.74, 6) is -12.1. The summed E-state index contributed by atoms with van der Waals surface area (Å²) in [6.07, 6.45) is 12.1. The number of nitrogens with one attached hydrogen (secondary N) is 16. The lowest BCUT2D eigenvalue weighted by atomic mass is 10.0. The number of unbranched alkanes of at least 4 members (excludes halogenated alkanes) is 1. The second-order valence-electron chi connectivity index (χ2n) is 29.6. The molecule has 41 heteroatoms. The molecule has 26 N–H and O–H groups in total. The van der Waals surface area contributed by atoms with Gasteiger partial charge < -0.3 is 121 Å². The number of aromatic hydroxyl groups is 1. The van der Waals surface area contributed by atoms with Crippen LogP contribution in [0.4, 0.5) is 0 Å². The lowest BCUT2D eigenvalue weighted by Gasteiger charge is -2.31. The zero-order chi connectivity index (χ0) is 85.8. The van der Waals surface area contributed by atoms with Crippen LogP contribution in [0.1, 0.15) is 104 Å². The fourth-order valence-electron chi connectivity index (χ4n) is 14.5. The zero-order valence-corrected chi connectivity index (χ0v) is 65.7. The van der Waals surface area contributed by atoms with Crippen LogP contribution in [-0.2, 0) is 107 Å². The number of rotatable bonds is 45. The largest absolute Gasteiger partial charge is 0.508 e. The molecule has 638 valence electrons. The number of aliphatic carboxylic acids is 1. The molecule has 0 saturated carbocycles. The summed E-state index contributed by atoms with van der Waals surface area (Å²) in [5, 5.41) is 55.3. The number of imidazole rings is 4. The normalized spacial score (nSPS) is 16.3. The number of primary amides is 1. The van der Waals surface area contributed by atoms with Crippen molar-refractivity contribution in [3.63, 3.8) is 0 Å². The minimum absolute atomic E-state index is 0.00979. The van der Waals surface area contributed by atoms with Gasteiger partial charge in [-0.2, -0.15) is 0 Å². The first kappa shape index (κ1) is 88.5. The Bertz CT molecular complexity index is 4800. The Morgan fingerprint density at radius 3 is 1.34 bits per heavy atom. The van der Waals surface area contributed by atoms with Crippen LogP contribution < -0.4 is 76.1 Å². The molecule has 0 spiro atoms. The summed E-state index contributed by atoms with van der Waals surface area (Å²) in [5.41, 5.74) is 27.1. The van der Waals surface area contributed by atoms with E-state index in [0.717, 1.165) is 0 Å². The lowest BCUT2D eigenvalue weighted by Crippen LogP contribution is -2.61. The second-order valence-corrected chi connectivity index (χ2v) is 29.6. The molecule has 5 aromatic heterocycles. The van der Waals surface area contributed by atoms with Gasteiger partial charge in [0.1, 0.15) is 72.2 Å². The van der Waals surface area contributed by atoms with Crippen LogP contribution in [0.3, 0.4) is 0 Å². The number of para-hydroxylation sites is 1. The third-order valence-corrected chi connectivity index (χ3v) is 20.7. The number of phenolic OH excluding ortho intramolecular Hbond substituents is 1. The van der Waals surface area contributed by atoms with E-state index in [1.807, 2.05) is 0 Å². The van der Waals surface area contributed by atoms with Gasteiger partial charge in [-0.05, 0) is 106 Å². The monoisotopic (exact) mass is 1650 g/mol. The number of carbonyl (C=O) groups is 13. The SMILES string of the molecule is N=C(N)NCCC[C@H](NC(=O)[C@H](Cc1cnc[nH]1)NC(=O)[C@H](Cc1c[nH]c2ccccc12)NC(=O)[C@H](Cc1cnc[nH]1)NC(=O)[C@H](CCCCN)NC(=O)[C@H](Cc1cnc[nH]1)NC(=O)[C@H](Cc1cnc[nH]1)NC(=O)[C@H](Cc1ccccc1)NC(=O)[C@@H]1CCCN1C(=O)[C@@H](N)Cc1ccc(O)cc1)C(=O)N1CCC[C@H]1C(=O)N[C@@H](CC(N)=O)C(=O)O. The minimum atomic E-state index is -1.72. The van der Waals surface area contributed by atoms with Gasteiger partial charge >= 0.3 is 5.97 Å². The van der Waals surface area contributed by atoms with Crippen molar-refractivity contribution in [3.05, 3.63) is 175 Å². The van der Waals surface area contributed by atoms with E-state index >= 15 is 28.8 Å². The molecule has 0 unspecified atom stereocenters. The molecule has 41 nitrogen and oxygen atoms in total. The highest BCUT2D eigenvalue weighted by Gasteiger charge is 2.43. The van der Waals surface area contributed by atoms with Gasteiger partial charge in [0.15, 0.2) is 5.96 Å². The second kappa shape index (κ2) is 43.4. The van der Waals surface area contributed by atoms with Crippen LogP contribution in [0.25, 0.3) is 10.9 Å². The molecular weight excluding hydrogens is 1550 g/mol. The van der Waals surface area contributed by atoms with Crippen LogP contribution in [0.15, 0.2) is 135 Å². The van der Waals surface area contributed by atoms with Crippen molar-refractivity contribution in [1.29, 1.82) is 5.41 Å². The number of hydrogen-bond acceptors (Lipinski definition) is 21. The van der Waals surface area contributed by atoms with E-state index in [-0.39, 0.29) is 128 Å². The third-order valence-electron chi connectivity index (χ3n) is 20.7. The molecule has 0 radical (unpaired) electrons. The Balaban J connectivity index is 0.891. The Kier molecular flexibility index (Phi) is 32.0. The lowest BCUT2D eigenvalue weighted by molar-refractivity contribution is -0.146. The number of hydrogen-bond donors (Lipinski definition) is 22. The van der Waals surface area contributed by atoms with Crippen molar-refractivity contribution in [2.45, 2.75) is 182 Å². The molecule has 12 amide bonds. The highest BCUT2D eigenvalue weighted by Crippen LogP contribution is 2.25. The van der Waals surface area contributed by atoms with E-state index in [1.165, 1.54) is 72.0 Å². The number of aromatic nitrogens is 9. The van der Waals surface area contributed by atoms with Crippen molar-refractivity contribution in [2.75, 3.05) is 26.2 Å². The molecule has 2 aliphatic rings. The summed E-state index contributed by atoms with van der Waals surface area (Å²) in [7, 11) is 0. The van der Waals surface area contributed by atoms with Crippen molar-refractivity contribution in [2.24, 2.45) is 22.9 Å². The molecule has 2 saturated heterocycles. The van der Waals surface area contributed by atoms with E-state index in [9.17, 15) is 43.8 Å². The number of amides is 12. The molecule has 2 aliphatic heterocycles. The summed E-state index contributed by atoms with van der Waals surface area (Å²) in [6.45, 7) is 0.418. The van der Waals surface area contributed by atoms with Crippen LogP contribution in [0.2, 0.25) is 0 Å². The predicted octanol–water partition coefficient (Wildman–Crippen LogP) is -3.21. The van der Waals surface area contributed by atoms with Crippen molar-refractivity contribution >= 4 is 93.7 Å². The van der Waals surface area contributed by atoms with Gasteiger partial charge in [0.2, 0.25) is 70.9 Å². The molecule has 7 heterocycles. The van der Waals surface area contributed by atoms with E-state index in [0.29, 0.717) is 63.2 Å². The van der Waals surface area contributed by atoms with Crippen molar-refractivity contribution in [1.82, 2.24) is 108 Å². The maximum Gasteiger partial charge on any atom is 0.326 e. The van der Waals surface area contributed by atoms with Gasteiger partial charge in [0, 0.05) is 123 Å². The molecule has 12 atom stereocenters. The number of H-pyrrole nitrogens is 5. The Labute approximate surface area is 687 Å². The quantitative estimate of drug-likeness (QED) is 0.0101. The molecule has 3 aromatic carbocycles. The Morgan fingerprint density at radius 1 is 0.467 bits per heavy atom. The number of nitrogens with zero attached hydrogens (tertiary/aromatic N) is 6. The number of carbonyl (C=O) groups excluding carboxylic acids is 12. The van der Waals surface area contributed by atoms with E-state index in [2.05, 4.69) is 98.0 Å². The molecule has 0 aliphatic carbocycles.